The van der Waals surface area contributed by atoms with Crippen molar-refractivity contribution >= 4 is 32.7 Å². The number of halogens is 3. The molecule has 0 saturated heterocycles. The zero-order valence-corrected chi connectivity index (χ0v) is 16.5. The molecule has 1 N–H and O–H groups in total. The van der Waals surface area contributed by atoms with Gasteiger partial charge in [-0.2, -0.15) is 21.6 Å². The first-order chi connectivity index (χ1) is 14.7. The molecule has 10 heteroatoms. The second-order valence-corrected chi connectivity index (χ2v) is 7.98. The summed E-state index contributed by atoms with van der Waals surface area (Å²) >= 11 is 0. The first kappa shape index (κ1) is 20.6. The summed E-state index contributed by atoms with van der Waals surface area (Å²) in [6, 6.07) is 20.4. The number of benzene rings is 3. The van der Waals surface area contributed by atoms with Crippen molar-refractivity contribution in [2.24, 2.45) is 0 Å². The third kappa shape index (κ3) is 4.43. The molecule has 0 bridgehead atoms. The lowest BCUT2D eigenvalue weighted by Gasteiger charge is -2.14. The summed E-state index contributed by atoms with van der Waals surface area (Å²) in [5.41, 5.74) is -3.91. The number of fused-ring (bicyclic) bond motifs is 1. The average Bonchev–Trinajstić information content (AvgIpc) is 2.74. The Kier molecular flexibility index (Phi) is 5.24. The monoisotopic (exact) mass is 445 g/mol. The van der Waals surface area contributed by atoms with Crippen LogP contribution in [0.1, 0.15) is 0 Å². The maximum atomic E-state index is 13.0. The van der Waals surface area contributed by atoms with E-state index >= 15 is 0 Å². The normalized spacial score (nSPS) is 12.0. The Balaban J connectivity index is 1.85. The van der Waals surface area contributed by atoms with Crippen molar-refractivity contribution in [3.8, 4) is 16.9 Å². The molecule has 0 atom stereocenters. The number of anilines is 2. The van der Waals surface area contributed by atoms with Gasteiger partial charge in [0.15, 0.2) is 5.75 Å². The zero-order chi connectivity index (χ0) is 22.1. The van der Waals surface area contributed by atoms with Gasteiger partial charge >= 0.3 is 15.6 Å². The average molecular weight is 445 g/mol. The van der Waals surface area contributed by atoms with Crippen LogP contribution in [-0.2, 0) is 10.1 Å². The maximum Gasteiger partial charge on any atom is 0.534 e. The van der Waals surface area contributed by atoms with Crippen LogP contribution in [0.4, 0.5) is 24.8 Å². The molecule has 0 spiro atoms. The molecule has 0 saturated carbocycles. The van der Waals surface area contributed by atoms with Gasteiger partial charge in [0.05, 0.1) is 0 Å². The Morgan fingerprint density at radius 2 is 1.52 bits per heavy atom. The molecule has 6 nitrogen and oxygen atoms in total. The van der Waals surface area contributed by atoms with Gasteiger partial charge in [0.25, 0.3) is 0 Å². The van der Waals surface area contributed by atoms with Gasteiger partial charge in [0, 0.05) is 17.3 Å². The second kappa shape index (κ2) is 7.88. The quantitative estimate of drug-likeness (QED) is 0.333. The molecule has 0 fully saturated rings. The molecule has 4 aromatic rings. The van der Waals surface area contributed by atoms with Crippen LogP contribution in [0.15, 0.2) is 79.0 Å². The lowest BCUT2D eigenvalue weighted by Crippen LogP contribution is -2.28. The van der Waals surface area contributed by atoms with Gasteiger partial charge in [-0.05, 0) is 35.4 Å². The van der Waals surface area contributed by atoms with Crippen LogP contribution in [0, 0.1) is 0 Å². The fraction of sp³-hybridized carbons (Fsp3) is 0.0476. The Bertz CT molecular complexity index is 1330. The van der Waals surface area contributed by atoms with Crippen molar-refractivity contribution in [2.45, 2.75) is 5.51 Å². The SMILES string of the molecule is O=S(=O)(Oc1cc(-c2ccccc2)cc2cnc(Nc3ccccc3)nc12)C(F)(F)F. The molecule has 0 radical (unpaired) electrons. The largest absolute Gasteiger partial charge is 0.534 e. The Labute approximate surface area is 175 Å². The molecule has 0 amide bonds. The van der Waals surface area contributed by atoms with Gasteiger partial charge in [-0.25, -0.2) is 9.97 Å². The molecule has 4 rings (SSSR count). The van der Waals surface area contributed by atoms with E-state index in [2.05, 4.69) is 19.5 Å². The van der Waals surface area contributed by atoms with Crippen LogP contribution < -0.4 is 9.50 Å². The summed E-state index contributed by atoms with van der Waals surface area (Å²) in [6.45, 7) is 0. The summed E-state index contributed by atoms with van der Waals surface area (Å²) < 4.78 is 66.7. The molecule has 158 valence electrons. The van der Waals surface area contributed by atoms with E-state index in [0.717, 1.165) is 0 Å². The van der Waals surface area contributed by atoms with Crippen molar-refractivity contribution < 1.29 is 25.8 Å². The lowest BCUT2D eigenvalue weighted by molar-refractivity contribution is -0.0499. The number of para-hydroxylation sites is 1. The number of hydrogen-bond acceptors (Lipinski definition) is 6. The number of rotatable bonds is 5. The van der Waals surface area contributed by atoms with Crippen LogP contribution in [0.2, 0.25) is 0 Å². The Hall–Kier alpha value is -3.66. The summed E-state index contributed by atoms with van der Waals surface area (Å²) in [5.74, 6) is -0.479. The molecular formula is C21H14F3N3O3S. The highest BCUT2D eigenvalue weighted by Gasteiger charge is 2.48. The van der Waals surface area contributed by atoms with Crippen LogP contribution >= 0.6 is 0 Å². The molecule has 0 unspecified atom stereocenters. The van der Waals surface area contributed by atoms with E-state index in [0.29, 0.717) is 22.2 Å². The summed E-state index contributed by atoms with van der Waals surface area (Å²) in [7, 11) is -5.89. The maximum absolute atomic E-state index is 13.0. The highest BCUT2D eigenvalue weighted by Crippen LogP contribution is 2.35. The molecule has 0 aliphatic carbocycles. The minimum absolute atomic E-state index is 0.0698. The van der Waals surface area contributed by atoms with E-state index in [1.807, 2.05) is 6.07 Å². The zero-order valence-electron chi connectivity index (χ0n) is 15.7. The third-order valence-electron chi connectivity index (χ3n) is 4.27. The van der Waals surface area contributed by atoms with Crippen molar-refractivity contribution in [3.63, 3.8) is 0 Å². The van der Waals surface area contributed by atoms with E-state index in [1.54, 1.807) is 60.7 Å². The van der Waals surface area contributed by atoms with Crippen molar-refractivity contribution in [2.75, 3.05) is 5.32 Å². The molecule has 0 aliphatic heterocycles. The Morgan fingerprint density at radius 1 is 0.871 bits per heavy atom. The molecular weight excluding hydrogens is 431 g/mol. The van der Waals surface area contributed by atoms with Crippen LogP contribution in [0.5, 0.6) is 5.75 Å². The van der Waals surface area contributed by atoms with Gasteiger partial charge in [-0.3, -0.25) is 0 Å². The lowest BCUT2D eigenvalue weighted by atomic mass is 10.0. The van der Waals surface area contributed by atoms with Crippen LogP contribution in [-0.4, -0.2) is 23.9 Å². The molecule has 0 aliphatic rings. The van der Waals surface area contributed by atoms with E-state index in [4.69, 9.17) is 0 Å². The number of hydrogen-bond donors (Lipinski definition) is 1. The number of nitrogens with zero attached hydrogens (tertiary/aromatic N) is 2. The van der Waals surface area contributed by atoms with Gasteiger partial charge in [0.2, 0.25) is 5.95 Å². The molecule has 3 aromatic carbocycles. The standard InChI is InChI=1S/C21H14F3N3O3S/c22-21(23,24)31(28,29)30-18-12-15(14-7-3-1-4-8-14)11-16-13-25-20(27-19(16)18)26-17-9-5-2-6-10-17/h1-13H,(H,25,26,27). The second-order valence-electron chi connectivity index (χ2n) is 6.45. The van der Waals surface area contributed by atoms with E-state index < -0.39 is 21.4 Å². The molecule has 1 heterocycles. The number of aromatic nitrogens is 2. The Morgan fingerprint density at radius 3 is 2.16 bits per heavy atom. The fourth-order valence-electron chi connectivity index (χ4n) is 2.85. The first-order valence-corrected chi connectivity index (χ1v) is 10.3. The summed E-state index contributed by atoms with van der Waals surface area (Å²) in [4.78, 5) is 8.37. The van der Waals surface area contributed by atoms with Gasteiger partial charge in [-0.1, -0.05) is 48.5 Å². The summed E-state index contributed by atoms with van der Waals surface area (Å²) in [6.07, 6.45) is 1.38. The molecule has 31 heavy (non-hydrogen) atoms. The van der Waals surface area contributed by atoms with E-state index in [9.17, 15) is 21.6 Å². The third-order valence-corrected chi connectivity index (χ3v) is 5.23. The fourth-order valence-corrected chi connectivity index (χ4v) is 3.31. The highest BCUT2D eigenvalue weighted by atomic mass is 32.2. The molecule has 1 aromatic heterocycles. The first-order valence-electron chi connectivity index (χ1n) is 8.92. The van der Waals surface area contributed by atoms with Crippen LogP contribution in [0.25, 0.3) is 22.0 Å². The van der Waals surface area contributed by atoms with Gasteiger partial charge < -0.3 is 9.50 Å². The van der Waals surface area contributed by atoms with Gasteiger partial charge in [0.1, 0.15) is 5.52 Å². The van der Waals surface area contributed by atoms with Crippen LogP contribution in [0.3, 0.4) is 0 Å². The summed E-state index contributed by atoms with van der Waals surface area (Å²) in [5, 5.41) is 3.23. The van der Waals surface area contributed by atoms with Crippen molar-refractivity contribution in [1.82, 2.24) is 9.97 Å². The predicted molar refractivity (Wildman–Crippen MR) is 110 cm³/mol. The predicted octanol–water partition coefficient (Wildman–Crippen LogP) is 5.27. The smallest absolute Gasteiger partial charge is 0.374 e. The van der Waals surface area contributed by atoms with Crippen molar-refractivity contribution in [3.05, 3.63) is 79.0 Å². The van der Waals surface area contributed by atoms with Crippen molar-refractivity contribution in [1.29, 1.82) is 0 Å². The topological polar surface area (TPSA) is 81.2 Å². The number of alkyl halides is 3. The highest BCUT2D eigenvalue weighted by molar-refractivity contribution is 7.88. The van der Waals surface area contributed by atoms with E-state index in [-0.39, 0.29) is 11.5 Å². The number of nitrogens with one attached hydrogen (secondary N) is 1. The van der Waals surface area contributed by atoms with Gasteiger partial charge in [-0.15, -0.1) is 0 Å². The minimum Gasteiger partial charge on any atom is -0.374 e. The minimum atomic E-state index is -5.89. The van der Waals surface area contributed by atoms with E-state index in [1.165, 1.54) is 12.3 Å².